The third-order valence-electron chi connectivity index (χ3n) is 4.48. The van der Waals surface area contributed by atoms with Crippen LogP contribution in [0.15, 0.2) is 48.0 Å². The molecule has 0 unspecified atom stereocenters. The Labute approximate surface area is 194 Å². The number of hydrogen-bond donors (Lipinski definition) is 4. The number of nitrogens with zero attached hydrogens (tertiary/aromatic N) is 3. The van der Waals surface area contributed by atoms with Gasteiger partial charge in [0.05, 0.1) is 23.8 Å². The van der Waals surface area contributed by atoms with Crippen LogP contribution in [-0.4, -0.2) is 60.5 Å². The Kier molecular flexibility index (Phi) is 12.1. The number of anilines is 2. The first-order valence-corrected chi connectivity index (χ1v) is 10.7. The maximum atomic E-state index is 11.6. The van der Waals surface area contributed by atoms with E-state index in [0.717, 1.165) is 17.8 Å². The van der Waals surface area contributed by atoms with Crippen LogP contribution < -0.4 is 10.2 Å². The standard InChI is InChI=1S/C21H26N4O2S.C2H6O2/c1-15-6-5-7-18(12-15)24(10-11-28)9-8-23-21-19(17(3)22-4)13-16(2)14-20(21)25(26)27;3-1-2-4/h5-7,12-14,23,28H,3-4,8-11H2,1-2H3;3-4H,1-2H2. The van der Waals surface area contributed by atoms with E-state index in [0.29, 0.717) is 35.8 Å². The van der Waals surface area contributed by atoms with Crippen LogP contribution >= 0.6 is 12.6 Å². The second-order valence-electron chi connectivity index (χ2n) is 6.99. The van der Waals surface area contributed by atoms with Gasteiger partial charge in [0.1, 0.15) is 5.69 Å². The Hall–Kier alpha value is -2.88. The second kappa shape index (κ2) is 14.2. The molecule has 0 radical (unpaired) electrons. The molecule has 0 atom stereocenters. The van der Waals surface area contributed by atoms with Gasteiger partial charge in [0.2, 0.25) is 0 Å². The van der Waals surface area contributed by atoms with Crippen molar-refractivity contribution in [2.75, 3.05) is 48.8 Å². The number of aliphatic imine (C=N–C) groups is 1. The highest BCUT2D eigenvalue weighted by atomic mass is 32.1. The van der Waals surface area contributed by atoms with Crippen LogP contribution in [0.4, 0.5) is 17.1 Å². The van der Waals surface area contributed by atoms with Crippen LogP contribution in [0.3, 0.4) is 0 Å². The molecule has 0 aliphatic carbocycles. The van der Waals surface area contributed by atoms with Crippen LogP contribution in [0.5, 0.6) is 0 Å². The third-order valence-corrected chi connectivity index (χ3v) is 4.68. The number of nitro groups is 1. The summed E-state index contributed by atoms with van der Waals surface area (Å²) >= 11 is 4.36. The molecule has 0 amide bonds. The van der Waals surface area contributed by atoms with Crippen LogP contribution in [0.25, 0.3) is 5.70 Å². The van der Waals surface area contributed by atoms with Gasteiger partial charge in [0, 0.05) is 42.7 Å². The summed E-state index contributed by atoms with van der Waals surface area (Å²) in [4.78, 5) is 17.2. The summed E-state index contributed by atoms with van der Waals surface area (Å²) in [6, 6.07) is 11.6. The quantitative estimate of drug-likeness (QED) is 0.176. The van der Waals surface area contributed by atoms with Crippen molar-refractivity contribution in [1.29, 1.82) is 0 Å². The lowest BCUT2D eigenvalue weighted by atomic mass is 10.0. The molecule has 2 rings (SSSR count). The Balaban J connectivity index is 0.00000118. The van der Waals surface area contributed by atoms with Gasteiger partial charge >= 0.3 is 0 Å². The summed E-state index contributed by atoms with van der Waals surface area (Å²) in [7, 11) is 0. The molecule has 32 heavy (non-hydrogen) atoms. The number of aryl methyl sites for hydroxylation is 2. The summed E-state index contributed by atoms with van der Waals surface area (Å²) in [6.45, 7) is 12.9. The minimum atomic E-state index is -0.388. The summed E-state index contributed by atoms with van der Waals surface area (Å²) < 4.78 is 0. The second-order valence-corrected chi connectivity index (χ2v) is 7.44. The Morgan fingerprint density at radius 3 is 2.41 bits per heavy atom. The lowest BCUT2D eigenvalue weighted by Gasteiger charge is -2.25. The molecule has 0 bridgehead atoms. The van der Waals surface area contributed by atoms with Crippen molar-refractivity contribution in [2.24, 2.45) is 4.99 Å². The van der Waals surface area contributed by atoms with Crippen molar-refractivity contribution in [1.82, 2.24) is 0 Å². The fourth-order valence-electron chi connectivity index (χ4n) is 3.04. The van der Waals surface area contributed by atoms with E-state index in [9.17, 15) is 10.1 Å². The van der Waals surface area contributed by atoms with Gasteiger partial charge in [0.25, 0.3) is 5.69 Å². The number of benzene rings is 2. The summed E-state index contributed by atoms with van der Waals surface area (Å²) in [6.07, 6.45) is 0. The largest absolute Gasteiger partial charge is 0.394 e. The van der Waals surface area contributed by atoms with Gasteiger partial charge in [-0.05, 0) is 49.9 Å². The monoisotopic (exact) mass is 460 g/mol. The minimum absolute atomic E-state index is 0.0103. The first kappa shape index (κ1) is 27.2. The number of hydrogen-bond acceptors (Lipinski definition) is 8. The topological polar surface area (TPSA) is 111 Å². The zero-order valence-corrected chi connectivity index (χ0v) is 19.5. The van der Waals surface area contributed by atoms with E-state index in [4.69, 9.17) is 10.2 Å². The molecule has 8 nitrogen and oxygen atoms in total. The van der Waals surface area contributed by atoms with Crippen molar-refractivity contribution in [3.8, 4) is 0 Å². The van der Waals surface area contributed by atoms with Crippen LogP contribution in [0.1, 0.15) is 16.7 Å². The molecular formula is C23H32N4O4S. The van der Waals surface area contributed by atoms with E-state index in [1.54, 1.807) is 6.07 Å². The fraction of sp³-hybridized carbons (Fsp3) is 0.348. The maximum absolute atomic E-state index is 11.6. The highest BCUT2D eigenvalue weighted by molar-refractivity contribution is 7.80. The minimum Gasteiger partial charge on any atom is -0.394 e. The van der Waals surface area contributed by atoms with Gasteiger partial charge in [-0.2, -0.15) is 12.6 Å². The molecule has 0 fully saturated rings. The first-order chi connectivity index (χ1) is 15.3. The third kappa shape index (κ3) is 8.33. The van der Waals surface area contributed by atoms with E-state index in [-0.39, 0.29) is 23.8 Å². The molecule has 3 N–H and O–H groups in total. The molecule has 0 aromatic heterocycles. The van der Waals surface area contributed by atoms with Gasteiger partial charge < -0.3 is 20.4 Å². The van der Waals surface area contributed by atoms with E-state index in [1.807, 2.05) is 19.1 Å². The molecule has 0 heterocycles. The Bertz CT molecular complexity index is 919. The maximum Gasteiger partial charge on any atom is 0.293 e. The van der Waals surface area contributed by atoms with E-state index >= 15 is 0 Å². The molecule has 0 aliphatic heterocycles. The van der Waals surface area contributed by atoms with Crippen molar-refractivity contribution in [2.45, 2.75) is 13.8 Å². The molecule has 0 saturated carbocycles. The SMILES string of the molecule is C=NC(=C)c1cc(C)cc([N+](=O)[O-])c1NCCN(CCS)c1cccc(C)c1.OCCO. The summed E-state index contributed by atoms with van der Waals surface area (Å²) in [5.41, 5.74) is 4.48. The normalized spacial score (nSPS) is 10.0. The van der Waals surface area contributed by atoms with Gasteiger partial charge in [-0.3, -0.25) is 15.1 Å². The van der Waals surface area contributed by atoms with E-state index in [2.05, 4.69) is 66.3 Å². The number of rotatable bonds is 11. The van der Waals surface area contributed by atoms with E-state index < -0.39 is 0 Å². The van der Waals surface area contributed by atoms with Gasteiger partial charge in [-0.1, -0.05) is 18.7 Å². The number of aliphatic hydroxyl groups excluding tert-OH is 2. The average molecular weight is 461 g/mol. The molecular weight excluding hydrogens is 428 g/mol. The van der Waals surface area contributed by atoms with Crippen molar-refractivity contribution >= 4 is 42.1 Å². The zero-order valence-electron chi connectivity index (χ0n) is 18.6. The Morgan fingerprint density at radius 1 is 1.19 bits per heavy atom. The predicted molar refractivity (Wildman–Crippen MR) is 136 cm³/mol. The van der Waals surface area contributed by atoms with Crippen LogP contribution in [0, 0.1) is 24.0 Å². The average Bonchev–Trinajstić information content (AvgIpc) is 2.78. The van der Waals surface area contributed by atoms with Crippen LogP contribution in [0.2, 0.25) is 0 Å². The summed E-state index contributed by atoms with van der Waals surface area (Å²) in [5, 5.41) is 30.0. The molecule has 174 valence electrons. The van der Waals surface area contributed by atoms with Gasteiger partial charge in [-0.15, -0.1) is 0 Å². The molecule has 2 aromatic rings. The number of nitro benzene ring substituents is 1. The van der Waals surface area contributed by atoms with Crippen molar-refractivity contribution in [3.63, 3.8) is 0 Å². The molecule has 2 aromatic carbocycles. The summed E-state index contributed by atoms with van der Waals surface area (Å²) in [5.74, 6) is 0.709. The first-order valence-electron chi connectivity index (χ1n) is 10.1. The Morgan fingerprint density at radius 2 is 1.88 bits per heavy atom. The van der Waals surface area contributed by atoms with Gasteiger partial charge in [-0.25, -0.2) is 0 Å². The van der Waals surface area contributed by atoms with Crippen molar-refractivity contribution in [3.05, 3.63) is 69.8 Å². The fourth-order valence-corrected chi connectivity index (χ4v) is 3.28. The predicted octanol–water partition coefficient (Wildman–Crippen LogP) is 3.70. The lowest BCUT2D eigenvalue weighted by molar-refractivity contribution is -0.384. The van der Waals surface area contributed by atoms with E-state index in [1.165, 1.54) is 5.56 Å². The lowest BCUT2D eigenvalue weighted by Crippen LogP contribution is -2.31. The highest BCUT2D eigenvalue weighted by Crippen LogP contribution is 2.34. The number of thiol groups is 1. The number of aliphatic hydroxyl groups is 2. The number of nitrogens with one attached hydrogen (secondary N) is 1. The highest BCUT2D eigenvalue weighted by Gasteiger charge is 2.20. The van der Waals surface area contributed by atoms with Crippen LogP contribution in [-0.2, 0) is 0 Å². The molecule has 0 saturated heterocycles. The van der Waals surface area contributed by atoms with Gasteiger partial charge in [0.15, 0.2) is 0 Å². The molecule has 0 aliphatic rings. The zero-order chi connectivity index (χ0) is 24.1. The smallest absolute Gasteiger partial charge is 0.293 e. The van der Waals surface area contributed by atoms with Crippen molar-refractivity contribution < 1.29 is 15.1 Å². The molecule has 0 spiro atoms. The molecule has 9 heteroatoms.